The predicted molar refractivity (Wildman–Crippen MR) is 65.0 cm³/mol. The molecule has 88 valence electrons. The van der Waals surface area contributed by atoms with Gasteiger partial charge in [-0.1, -0.05) is 0 Å². The van der Waals surface area contributed by atoms with Crippen LogP contribution in [0.5, 0.6) is 0 Å². The van der Waals surface area contributed by atoms with Crippen LogP contribution in [0, 0.1) is 0 Å². The van der Waals surface area contributed by atoms with Crippen LogP contribution in [0.15, 0.2) is 18.5 Å². The first kappa shape index (κ1) is 12.3. The Balaban J connectivity index is 2.64. The van der Waals surface area contributed by atoms with Gasteiger partial charge < -0.3 is 16.0 Å². The number of carbonyl (C=O) groups excluding carboxylic acids is 1. The average Bonchev–Trinajstić information content (AvgIpc) is 2.27. The smallest absolute Gasteiger partial charge is 0.244 e. The van der Waals surface area contributed by atoms with Crippen molar-refractivity contribution >= 4 is 17.3 Å². The molecule has 1 aromatic heterocycles. The number of anilines is 2. The molecule has 0 aliphatic carbocycles. The Morgan fingerprint density at radius 1 is 1.62 bits per heavy atom. The summed E-state index contributed by atoms with van der Waals surface area (Å²) in [7, 11) is 1.78. The van der Waals surface area contributed by atoms with Gasteiger partial charge in [0.1, 0.15) is 6.04 Å². The molecule has 0 aliphatic heterocycles. The van der Waals surface area contributed by atoms with E-state index < -0.39 is 0 Å². The summed E-state index contributed by atoms with van der Waals surface area (Å²) in [4.78, 5) is 17.4. The van der Waals surface area contributed by atoms with Crippen LogP contribution in [0.3, 0.4) is 0 Å². The van der Waals surface area contributed by atoms with Gasteiger partial charge in [0, 0.05) is 19.8 Å². The molecule has 0 bridgehead atoms. The second-order valence-electron chi connectivity index (χ2n) is 3.73. The summed E-state index contributed by atoms with van der Waals surface area (Å²) in [5, 5.41) is 3.06. The minimum atomic E-state index is -0.284. The van der Waals surface area contributed by atoms with Crippen LogP contribution >= 0.6 is 0 Å². The monoisotopic (exact) mass is 222 g/mol. The maximum absolute atomic E-state index is 11.8. The van der Waals surface area contributed by atoms with E-state index >= 15 is 0 Å². The highest BCUT2D eigenvalue weighted by atomic mass is 16.2. The van der Waals surface area contributed by atoms with Crippen LogP contribution in [0.4, 0.5) is 11.4 Å². The second-order valence-corrected chi connectivity index (χ2v) is 3.73. The Bertz CT molecular complexity index is 367. The van der Waals surface area contributed by atoms with Gasteiger partial charge in [0.2, 0.25) is 5.91 Å². The zero-order chi connectivity index (χ0) is 12.1. The average molecular weight is 222 g/mol. The number of nitrogen functional groups attached to an aromatic ring is 1. The standard InChI is InChI=1S/C11H18N4O/c1-4-15(3)11(16)8(2)14-10-5-9(12)6-13-7-10/h5-8,14H,4,12H2,1-3H3. The van der Waals surface area contributed by atoms with Gasteiger partial charge in [-0.3, -0.25) is 9.78 Å². The molecule has 0 radical (unpaired) electrons. The van der Waals surface area contributed by atoms with E-state index in [4.69, 9.17) is 5.73 Å². The topological polar surface area (TPSA) is 71.2 Å². The Morgan fingerprint density at radius 3 is 2.88 bits per heavy atom. The molecular weight excluding hydrogens is 204 g/mol. The molecular formula is C11H18N4O. The Hall–Kier alpha value is -1.78. The molecule has 0 saturated heterocycles. The van der Waals surface area contributed by atoms with E-state index in [-0.39, 0.29) is 11.9 Å². The van der Waals surface area contributed by atoms with Crippen LogP contribution < -0.4 is 11.1 Å². The number of nitrogens with zero attached hydrogens (tertiary/aromatic N) is 2. The van der Waals surface area contributed by atoms with E-state index in [0.29, 0.717) is 12.2 Å². The van der Waals surface area contributed by atoms with Gasteiger partial charge in [-0.2, -0.15) is 0 Å². The number of amides is 1. The van der Waals surface area contributed by atoms with E-state index in [9.17, 15) is 4.79 Å². The van der Waals surface area contributed by atoms with Crippen LogP contribution in [0.1, 0.15) is 13.8 Å². The molecule has 1 heterocycles. The van der Waals surface area contributed by atoms with Crippen molar-refractivity contribution in [2.45, 2.75) is 19.9 Å². The van der Waals surface area contributed by atoms with Crippen molar-refractivity contribution in [3.63, 3.8) is 0 Å². The number of aromatic nitrogens is 1. The van der Waals surface area contributed by atoms with Crippen LogP contribution in [0.2, 0.25) is 0 Å². The van der Waals surface area contributed by atoms with Crippen molar-refractivity contribution in [3.05, 3.63) is 18.5 Å². The third kappa shape index (κ3) is 3.12. The minimum Gasteiger partial charge on any atom is -0.397 e. The van der Waals surface area contributed by atoms with Crippen molar-refractivity contribution < 1.29 is 4.79 Å². The molecule has 5 nitrogen and oxygen atoms in total. The van der Waals surface area contributed by atoms with Gasteiger partial charge in [0.15, 0.2) is 0 Å². The zero-order valence-corrected chi connectivity index (χ0v) is 9.90. The molecule has 0 aromatic carbocycles. The lowest BCUT2D eigenvalue weighted by Gasteiger charge is -2.21. The lowest BCUT2D eigenvalue weighted by atomic mass is 10.2. The SMILES string of the molecule is CCN(C)C(=O)C(C)Nc1cncc(N)c1. The Labute approximate surface area is 95.7 Å². The van der Waals surface area contributed by atoms with E-state index in [1.807, 2.05) is 13.8 Å². The third-order valence-corrected chi connectivity index (χ3v) is 2.36. The predicted octanol–water partition coefficient (Wildman–Crippen LogP) is 0.942. The highest BCUT2D eigenvalue weighted by Crippen LogP contribution is 2.11. The molecule has 0 fully saturated rings. The molecule has 0 saturated carbocycles. The van der Waals surface area contributed by atoms with Crippen LogP contribution in [-0.4, -0.2) is 35.4 Å². The summed E-state index contributed by atoms with van der Waals surface area (Å²) in [5.74, 6) is 0.0462. The fourth-order valence-electron chi connectivity index (χ4n) is 1.33. The molecule has 0 spiro atoms. The normalized spacial score (nSPS) is 11.9. The van der Waals surface area contributed by atoms with Crippen molar-refractivity contribution in [1.29, 1.82) is 0 Å². The number of likely N-dealkylation sites (N-methyl/N-ethyl adjacent to an activating group) is 1. The molecule has 5 heteroatoms. The number of pyridine rings is 1. The number of hydrogen-bond donors (Lipinski definition) is 2. The van der Waals surface area contributed by atoms with Gasteiger partial charge in [-0.25, -0.2) is 0 Å². The van der Waals surface area contributed by atoms with Crippen LogP contribution in [0.25, 0.3) is 0 Å². The van der Waals surface area contributed by atoms with Gasteiger partial charge in [0.05, 0.1) is 17.6 Å². The first-order chi connectivity index (χ1) is 7.54. The molecule has 1 amide bonds. The van der Waals surface area contributed by atoms with E-state index in [2.05, 4.69) is 10.3 Å². The number of rotatable bonds is 4. The number of hydrogen-bond acceptors (Lipinski definition) is 4. The maximum Gasteiger partial charge on any atom is 0.244 e. The molecule has 1 atom stereocenters. The van der Waals surface area contributed by atoms with Gasteiger partial charge >= 0.3 is 0 Å². The van der Waals surface area contributed by atoms with E-state index in [0.717, 1.165) is 5.69 Å². The van der Waals surface area contributed by atoms with Gasteiger partial charge in [0.25, 0.3) is 0 Å². The van der Waals surface area contributed by atoms with E-state index in [1.165, 1.54) is 0 Å². The number of nitrogens with one attached hydrogen (secondary N) is 1. The van der Waals surface area contributed by atoms with Gasteiger partial charge in [-0.05, 0) is 19.9 Å². The first-order valence-corrected chi connectivity index (χ1v) is 5.26. The molecule has 0 aliphatic rings. The van der Waals surface area contributed by atoms with E-state index in [1.54, 1.807) is 30.4 Å². The maximum atomic E-state index is 11.8. The lowest BCUT2D eigenvalue weighted by molar-refractivity contribution is -0.130. The molecule has 1 unspecified atom stereocenters. The largest absolute Gasteiger partial charge is 0.397 e. The summed E-state index contributed by atoms with van der Waals surface area (Å²) in [5.41, 5.74) is 6.93. The van der Waals surface area contributed by atoms with Gasteiger partial charge in [-0.15, -0.1) is 0 Å². The molecule has 16 heavy (non-hydrogen) atoms. The zero-order valence-electron chi connectivity index (χ0n) is 9.90. The van der Waals surface area contributed by atoms with Crippen molar-refractivity contribution in [1.82, 2.24) is 9.88 Å². The van der Waals surface area contributed by atoms with Crippen molar-refractivity contribution in [2.75, 3.05) is 24.6 Å². The Morgan fingerprint density at radius 2 is 2.31 bits per heavy atom. The summed E-state index contributed by atoms with van der Waals surface area (Å²) < 4.78 is 0. The fraction of sp³-hybridized carbons (Fsp3) is 0.455. The highest BCUT2D eigenvalue weighted by molar-refractivity contribution is 5.84. The summed E-state index contributed by atoms with van der Waals surface area (Å²) >= 11 is 0. The Kier molecular flexibility index (Phi) is 4.10. The number of carbonyl (C=O) groups is 1. The summed E-state index contributed by atoms with van der Waals surface area (Å²) in [6, 6.07) is 1.47. The number of nitrogens with two attached hydrogens (primary N) is 1. The molecule has 3 N–H and O–H groups in total. The third-order valence-electron chi connectivity index (χ3n) is 2.36. The lowest BCUT2D eigenvalue weighted by Crippen LogP contribution is -2.38. The fourth-order valence-corrected chi connectivity index (χ4v) is 1.33. The molecule has 1 rings (SSSR count). The quantitative estimate of drug-likeness (QED) is 0.795. The second kappa shape index (κ2) is 5.34. The van der Waals surface area contributed by atoms with Crippen molar-refractivity contribution in [3.8, 4) is 0 Å². The molecule has 1 aromatic rings. The van der Waals surface area contributed by atoms with Crippen molar-refractivity contribution in [2.24, 2.45) is 0 Å². The first-order valence-electron chi connectivity index (χ1n) is 5.26. The van der Waals surface area contributed by atoms with Crippen LogP contribution in [-0.2, 0) is 4.79 Å². The minimum absolute atomic E-state index is 0.0462. The summed E-state index contributed by atoms with van der Waals surface area (Å²) in [6.45, 7) is 4.45. The highest BCUT2D eigenvalue weighted by Gasteiger charge is 2.15. The summed E-state index contributed by atoms with van der Waals surface area (Å²) in [6.07, 6.45) is 3.21.